The van der Waals surface area contributed by atoms with Gasteiger partial charge in [0.2, 0.25) is 0 Å². The Morgan fingerprint density at radius 2 is 1.96 bits per heavy atom. The van der Waals surface area contributed by atoms with Gasteiger partial charge in [-0.25, -0.2) is 0 Å². The third-order valence-electron chi connectivity index (χ3n) is 3.65. The monoisotopic (exact) mass is 438 g/mol. The first-order chi connectivity index (χ1) is 13.4. The van der Waals surface area contributed by atoms with Crippen molar-refractivity contribution in [3.8, 4) is 17.6 Å². The number of nitrogens with one attached hydrogen (secondary N) is 1. The highest BCUT2D eigenvalue weighted by atomic mass is 35.5. The SMILES string of the molecule is CCNC(=O)/C(C#N)=C/c1cc(Cl)c(OCc2ccc(Cl)cc2Cl)c(OC)c1. The van der Waals surface area contributed by atoms with Crippen LogP contribution in [0.25, 0.3) is 6.08 Å². The molecule has 0 saturated carbocycles. The molecule has 0 radical (unpaired) electrons. The molecule has 1 N–H and O–H groups in total. The minimum absolute atomic E-state index is 0.0402. The number of rotatable bonds is 7. The molecular weight excluding hydrogens is 423 g/mol. The zero-order valence-electron chi connectivity index (χ0n) is 15.2. The Morgan fingerprint density at radius 3 is 2.57 bits per heavy atom. The normalized spacial score (nSPS) is 10.9. The highest BCUT2D eigenvalue weighted by Crippen LogP contribution is 2.38. The summed E-state index contributed by atoms with van der Waals surface area (Å²) in [7, 11) is 1.47. The van der Waals surface area contributed by atoms with Crippen molar-refractivity contribution in [3.05, 3.63) is 62.1 Å². The molecule has 8 heteroatoms. The van der Waals surface area contributed by atoms with E-state index in [9.17, 15) is 10.1 Å². The maximum absolute atomic E-state index is 11.9. The summed E-state index contributed by atoms with van der Waals surface area (Å²) in [4.78, 5) is 11.9. The summed E-state index contributed by atoms with van der Waals surface area (Å²) in [6.07, 6.45) is 1.43. The van der Waals surface area contributed by atoms with Crippen LogP contribution in [0.3, 0.4) is 0 Å². The molecule has 0 bridgehead atoms. The number of carbonyl (C=O) groups is 1. The topological polar surface area (TPSA) is 71.4 Å². The smallest absolute Gasteiger partial charge is 0.261 e. The van der Waals surface area contributed by atoms with Gasteiger partial charge in [-0.05, 0) is 42.8 Å². The molecule has 0 fully saturated rings. The van der Waals surface area contributed by atoms with Crippen LogP contribution >= 0.6 is 34.8 Å². The lowest BCUT2D eigenvalue weighted by Crippen LogP contribution is -2.23. The van der Waals surface area contributed by atoms with Gasteiger partial charge >= 0.3 is 0 Å². The van der Waals surface area contributed by atoms with Gasteiger partial charge in [-0.1, -0.05) is 40.9 Å². The van der Waals surface area contributed by atoms with Gasteiger partial charge in [-0.2, -0.15) is 5.26 Å². The fourth-order valence-corrected chi connectivity index (χ4v) is 3.06. The summed E-state index contributed by atoms with van der Waals surface area (Å²) in [5.74, 6) is 0.221. The first-order valence-corrected chi connectivity index (χ1v) is 9.37. The first kappa shape index (κ1) is 21.9. The van der Waals surface area contributed by atoms with E-state index < -0.39 is 5.91 Å². The molecule has 28 heavy (non-hydrogen) atoms. The Morgan fingerprint density at radius 1 is 1.21 bits per heavy atom. The summed E-state index contributed by atoms with van der Waals surface area (Å²) in [5, 5.41) is 13.0. The number of carbonyl (C=O) groups excluding carboxylic acids is 1. The lowest BCUT2D eigenvalue weighted by atomic mass is 10.1. The summed E-state index contributed by atoms with van der Waals surface area (Å²) in [6, 6.07) is 10.2. The molecule has 0 atom stereocenters. The van der Waals surface area contributed by atoms with E-state index in [-0.39, 0.29) is 17.2 Å². The zero-order valence-corrected chi connectivity index (χ0v) is 17.5. The van der Waals surface area contributed by atoms with E-state index in [4.69, 9.17) is 44.3 Å². The lowest BCUT2D eigenvalue weighted by molar-refractivity contribution is -0.116. The number of ether oxygens (including phenoxy) is 2. The van der Waals surface area contributed by atoms with E-state index in [1.165, 1.54) is 13.2 Å². The van der Waals surface area contributed by atoms with Crippen molar-refractivity contribution in [2.75, 3.05) is 13.7 Å². The molecule has 2 rings (SSSR count). The van der Waals surface area contributed by atoms with Crippen molar-refractivity contribution >= 4 is 46.8 Å². The number of benzene rings is 2. The Hall–Kier alpha value is -2.39. The van der Waals surface area contributed by atoms with Crippen molar-refractivity contribution in [2.24, 2.45) is 0 Å². The Balaban J connectivity index is 2.30. The summed E-state index contributed by atoms with van der Waals surface area (Å²) < 4.78 is 11.1. The highest BCUT2D eigenvalue weighted by molar-refractivity contribution is 6.35. The van der Waals surface area contributed by atoms with Crippen molar-refractivity contribution in [1.82, 2.24) is 5.32 Å². The first-order valence-electron chi connectivity index (χ1n) is 8.23. The zero-order chi connectivity index (χ0) is 20.7. The molecule has 146 valence electrons. The molecule has 0 spiro atoms. The van der Waals surface area contributed by atoms with Crippen molar-refractivity contribution in [1.29, 1.82) is 5.26 Å². The maximum atomic E-state index is 11.9. The van der Waals surface area contributed by atoms with E-state index in [2.05, 4.69) is 5.32 Å². The Kier molecular flexibility index (Phi) is 8.01. The van der Waals surface area contributed by atoms with Crippen LogP contribution in [0, 0.1) is 11.3 Å². The molecule has 1 amide bonds. The number of nitriles is 1. The molecule has 5 nitrogen and oxygen atoms in total. The van der Waals surface area contributed by atoms with E-state index in [0.29, 0.717) is 33.7 Å². The van der Waals surface area contributed by atoms with Crippen molar-refractivity contribution < 1.29 is 14.3 Å². The quantitative estimate of drug-likeness (QED) is 0.471. The van der Waals surface area contributed by atoms with Gasteiger partial charge < -0.3 is 14.8 Å². The number of hydrogen-bond donors (Lipinski definition) is 1. The second-order valence-corrected chi connectivity index (χ2v) is 6.84. The average Bonchev–Trinajstić information content (AvgIpc) is 2.66. The van der Waals surface area contributed by atoms with Gasteiger partial charge in [0, 0.05) is 22.2 Å². The second kappa shape index (κ2) is 10.2. The molecule has 0 unspecified atom stereocenters. The minimum Gasteiger partial charge on any atom is -0.493 e. The van der Waals surface area contributed by atoms with Crippen LogP contribution in [0.15, 0.2) is 35.9 Å². The van der Waals surface area contributed by atoms with Gasteiger partial charge in [0.15, 0.2) is 11.5 Å². The predicted octanol–water partition coefficient (Wildman–Crippen LogP) is 5.28. The van der Waals surface area contributed by atoms with Crippen LogP contribution in [0.4, 0.5) is 0 Å². The maximum Gasteiger partial charge on any atom is 0.261 e. The molecule has 2 aromatic rings. The van der Waals surface area contributed by atoms with Crippen LogP contribution in [-0.2, 0) is 11.4 Å². The molecule has 0 aliphatic heterocycles. The van der Waals surface area contributed by atoms with E-state index in [1.807, 2.05) is 6.07 Å². The molecule has 0 aliphatic carbocycles. The van der Waals surface area contributed by atoms with Crippen molar-refractivity contribution in [3.63, 3.8) is 0 Å². The van der Waals surface area contributed by atoms with Crippen LogP contribution in [-0.4, -0.2) is 19.6 Å². The van der Waals surface area contributed by atoms with Crippen molar-refractivity contribution in [2.45, 2.75) is 13.5 Å². The minimum atomic E-state index is -0.460. The number of nitrogens with zero attached hydrogens (tertiary/aromatic N) is 1. The molecular formula is C20H17Cl3N2O3. The highest BCUT2D eigenvalue weighted by Gasteiger charge is 2.14. The van der Waals surface area contributed by atoms with Gasteiger partial charge in [0.05, 0.1) is 12.1 Å². The van der Waals surface area contributed by atoms with Gasteiger partial charge in [-0.3, -0.25) is 4.79 Å². The fourth-order valence-electron chi connectivity index (χ4n) is 2.32. The van der Waals surface area contributed by atoms with E-state index in [1.54, 1.807) is 37.3 Å². The molecule has 0 saturated heterocycles. The average molecular weight is 440 g/mol. The van der Waals surface area contributed by atoms with Crippen LogP contribution in [0.5, 0.6) is 11.5 Å². The Labute approximate surface area is 178 Å². The summed E-state index contributed by atoms with van der Waals surface area (Å²) >= 11 is 18.4. The molecule has 0 aliphatic rings. The van der Waals surface area contributed by atoms with E-state index in [0.717, 1.165) is 5.56 Å². The van der Waals surface area contributed by atoms with Gasteiger partial charge in [0.1, 0.15) is 18.2 Å². The third kappa shape index (κ3) is 5.56. The van der Waals surface area contributed by atoms with Gasteiger partial charge in [-0.15, -0.1) is 0 Å². The number of hydrogen-bond acceptors (Lipinski definition) is 4. The summed E-state index contributed by atoms with van der Waals surface area (Å²) in [5.41, 5.74) is 1.22. The summed E-state index contributed by atoms with van der Waals surface area (Å²) in [6.45, 7) is 2.34. The largest absolute Gasteiger partial charge is 0.493 e. The van der Waals surface area contributed by atoms with E-state index >= 15 is 0 Å². The second-order valence-electron chi connectivity index (χ2n) is 5.59. The predicted molar refractivity (Wildman–Crippen MR) is 111 cm³/mol. The number of halogens is 3. The van der Waals surface area contributed by atoms with Crippen LogP contribution < -0.4 is 14.8 Å². The number of likely N-dealkylation sites (N-methyl/N-ethyl adjacent to an activating group) is 1. The number of methoxy groups -OCH3 is 1. The van der Waals surface area contributed by atoms with Crippen LogP contribution in [0.2, 0.25) is 15.1 Å². The number of amides is 1. The van der Waals surface area contributed by atoms with Gasteiger partial charge in [0.25, 0.3) is 5.91 Å². The third-order valence-corrected chi connectivity index (χ3v) is 4.52. The fraction of sp³-hybridized carbons (Fsp3) is 0.200. The molecule has 0 heterocycles. The standard InChI is InChI=1S/C20H17Cl3N2O3/c1-3-25-20(26)14(10-24)6-12-7-17(23)19(18(8-12)27-2)28-11-13-4-5-15(21)9-16(13)22/h4-9H,3,11H2,1-2H3,(H,25,26)/b14-6+. The molecule has 0 aromatic heterocycles. The van der Waals surface area contributed by atoms with Crippen LogP contribution in [0.1, 0.15) is 18.1 Å². The Bertz CT molecular complexity index is 952. The lowest BCUT2D eigenvalue weighted by Gasteiger charge is -2.14. The molecule has 2 aromatic carbocycles.